The van der Waals surface area contributed by atoms with Crippen molar-refractivity contribution in [2.45, 2.75) is 0 Å². The minimum atomic E-state index is -1.45. The minimum absolute atomic E-state index is 0.0145. The highest BCUT2D eigenvalue weighted by atomic mass is 35.5. The largest absolute Gasteiger partial charge is 0.477 e. The Morgan fingerprint density at radius 2 is 1.95 bits per heavy atom. The van der Waals surface area contributed by atoms with E-state index in [0.29, 0.717) is 4.57 Å². The molecule has 0 amide bonds. The zero-order valence-corrected chi connectivity index (χ0v) is 10.7. The van der Waals surface area contributed by atoms with Gasteiger partial charge in [-0.3, -0.25) is 4.79 Å². The molecule has 0 radical (unpaired) electrons. The number of rotatable bonds is 2. The fourth-order valence-electron chi connectivity index (χ4n) is 1.51. The number of aromatic carboxylic acids is 1. The molecule has 0 spiro atoms. The summed E-state index contributed by atoms with van der Waals surface area (Å²) in [7, 11) is 0. The highest BCUT2D eigenvalue weighted by Gasteiger charge is 2.17. The molecular weight excluding hydrogens is 295 g/mol. The fourth-order valence-corrected chi connectivity index (χ4v) is 1.89. The lowest BCUT2D eigenvalue weighted by Gasteiger charge is -2.08. The lowest BCUT2D eigenvalue weighted by atomic mass is 10.3. The molecule has 0 fully saturated rings. The molecule has 0 bridgehead atoms. The maximum Gasteiger partial charge on any atom is 0.342 e. The van der Waals surface area contributed by atoms with Crippen molar-refractivity contribution < 1.29 is 9.90 Å². The van der Waals surface area contributed by atoms with E-state index in [4.69, 9.17) is 28.3 Å². The minimum Gasteiger partial charge on any atom is -0.477 e. The van der Waals surface area contributed by atoms with Gasteiger partial charge in [-0.15, -0.1) is 0 Å². The van der Waals surface area contributed by atoms with Gasteiger partial charge in [0.15, 0.2) is 0 Å². The maximum atomic E-state index is 12.0. The molecule has 0 atom stereocenters. The van der Waals surface area contributed by atoms with Crippen LogP contribution in [0.3, 0.4) is 0 Å². The Morgan fingerprint density at radius 1 is 1.26 bits per heavy atom. The smallest absolute Gasteiger partial charge is 0.342 e. The van der Waals surface area contributed by atoms with Gasteiger partial charge in [0, 0.05) is 6.20 Å². The predicted molar refractivity (Wildman–Crippen MR) is 69.6 cm³/mol. The number of carboxylic acids is 1. The van der Waals surface area contributed by atoms with Gasteiger partial charge in [-0.2, -0.15) is 0 Å². The number of carbonyl (C=O) groups is 1. The van der Waals surface area contributed by atoms with Crippen LogP contribution in [0.2, 0.25) is 10.0 Å². The molecule has 0 saturated heterocycles. The summed E-state index contributed by atoms with van der Waals surface area (Å²) >= 11 is 11.7. The molecule has 19 heavy (non-hydrogen) atoms. The summed E-state index contributed by atoms with van der Waals surface area (Å²) in [5.41, 5.74) is -2.35. The molecule has 8 heteroatoms. The highest BCUT2D eigenvalue weighted by molar-refractivity contribution is 6.43. The standard InChI is InChI=1S/C11H6Cl2N2O4/c12-6-2-1-3-7(8(6)13)15-9(16)5(10(17)18)4-14-11(15)19/h1-4H,(H,14,19)(H,17,18). The average Bonchev–Trinajstić information content (AvgIpc) is 2.34. The molecule has 0 unspecified atom stereocenters. The summed E-state index contributed by atoms with van der Waals surface area (Å²) in [4.78, 5) is 36.7. The first-order valence-corrected chi connectivity index (χ1v) is 5.71. The van der Waals surface area contributed by atoms with E-state index in [1.807, 2.05) is 0 Å². The van der Waals surface area contributed by atoms with Crippen LogP contribution in [0.15, 0.2) is 34.0 Å². The van der Waals surface area contributed by atoms with Crippen LogP contribution in [0.4, 0.5) is 0 Å². The zero-order chi connectivity index (χ0) is 14.2. The summed E-state index contributed by atoms with van der Waals surface area (Å²) in [5, 5.41) is 8.99. The van der Waals surface area contributed by atoms with Gasteiger partial charge in [0.25, 0.3) is 5.56 Å². The van der Waals surface area contributed by atoms with Crippen molar-refractivity contribution in [3.05, 3.63) is 60.8 Å². The Kier molecular flexibility index (Phi) is 3.46. The lowest BCUT2D eigenvalue weighted by molar-refractivity contribution is 0.0694. The molecule has 0 aliphatic rings. The van der Waals surface area contributed by atoms with E-state index in [1.165, 1.54) is 18.2 Å². The van der Waals surface area contributed by atoms with Crippen molar-refractivity contribution in [3.63, 3.8) is 0 Å². The predicted octanol–water partition coefficient (Wildman–Crippen LogP) is 1.53. The van der Waals surface area contributed by atoms with Gasteiger partial charge < -0.3 is 10.1 Å². The number of carboxylic acid groups (broad SMARTS) is 1. The molecule has 2 rings (SSSR count). The summed E-state index contributed by atoms with van der Waals surface area (Å²) < 4.78 is 0.623. The summed E-state index contributed by atoms with van der Waals surface area (Å²) in [6.07, 6.45) is 0.835. The SMILES string of the molecule is O=C(O)c1c[nH]c(=O)n(-c2cccc(Cl)c2Cl)c1=O. The monoisotopic (exact) mass is 300 g/mol. The first-order chi connectivity index (χ1) is 8.93. The van der Waals surface area contributed by atoms with Crippen LogP contribution in [0, 0.1) is 0 Å². The third-order valence-corrected chi connectivity index (χ3v) is 3.19. The highest BCUT2D eigenvalue weighted by Crippen LogP contribution is 2.26. The topological polar surface area (TPSA) is 92.2 Å². The van der Waals surface area contributed by atoms with Gasteiger partial charge >= 0.3 is 11.7 Å². The van der Waals surface area contributed by atoms with E-state index >= 15 is 0 Å². The summed E-state index contributed by atoms with van der Waals surface area (Å²) in [6, 6.07) is 4.35. The first kappa shape index (κ1) is 13.4. The Hall–Kier alpha value is -2.05. The molecule has 1 aromatic heterocycles. The van der Waals surface area contributed by atoms with Gasteiger partial charge in [-0.05, 0) is 12.1 Å². The van der Waals surface area contributed by atoms with Crippen molar-refractivity contribution in [2.75, 3.05) is 0 Å². The van der Waals surface area contributed by atoms with Crippen LogP contribution in [-0.2, 0) is 0 Å². The Labute approximate surface area is 115 Å². The van der Waals surface area contributed by atoms with Crippen molar-refractivity contribution in [3.8, 4) is 5.69 Å². The van der Waals surface area contributed by atoms with E-state index in [0.717, 1.165) is 6.20 Å². The van der Waals surface area contributed by atoms with Crippen molar-refractivity contribution in [1.82, 2.24) is 9.55 Å². The number of halogens is 2. The summed E-state index contributed by atoms with van der Waals surface area (Å²) in [5.74, 6) is -1.45. The van der Waals surface area contributed by atoms with E-state index in [2.05, 4.69) is 4.98 Å². The summed E-state index contributed by atoms with van der Waals surface area (Å²) in [6.45, 7) is 0. The second kappa shape index (κ2) is 4.91. The maximum absolute atomic E-state index is 12.0. The molecular formula is C11H6Cl2N2O4. The second-order valence-corrected chi connectivity index (χ2v) is 4.31. The first-order valence-electron chi connectivity index (χ1n) is 4.96. The number of nitrogens with zero attached hydrogens (tertiary/aromatic N) is 1. The van der Waals surface area contributed by atoms with Gasteiger partial charge in [0.05, 0.1) is 15.7 Å². The van der Waals surface area contributed by atoms with Crippen LogP contribution in [0.5, 0.6) is 0 Å². The van der Waals surface area contributed by atoms with Crippen molar-refractivity contribution in [1.29, 1.82) is 0 Å². The van der Waals surface area contributed by atoms with Crippen LogP contribution in [0.25, 0.3) is 5.69 Å². The second-order valence-electron chi connectivity index (χ2n) is 3.53. The zero-order valence-electron chi connectivity index (χ0n) is 9.18. The van der Waals surface area contributed by atoms with E-state index in [-0.39, 0.29) is 15.7 Å². The molecule has 1 heterocycles. The van der Waals surface area contributed by atoms with Gasteiger partial charge in [0.2, 0.25) is 0 Å². The van der Waals surface area contributed by atoms with Crippen molar-refractivity contribution >= 4 is 29.2 Å². The van der Waals surface area contributed by atoms with Crippen LogP contribution >= 0.6 is 23.2 Å². The van der Waals surface area contributed by atoms with Gasteiger partial charge in [-0.25, -0.2) is 14.2 Å². The number of nitrogens with one attached hydrogen (secondary N) is 1. The third-order valence-electron chi connectivity index (χ3n) is 2.38. The van der Waals surface area contributed by atoms with Gasteiger partial charge in [-0.1, -0.05) is 29.3 Å². The lowest BCUT2D eigenvalue weighted by Crippen LogP contribution is -2.36. The Bertz CT molecular complexity index is 779. The molecule has 2 aromatic rings. The Morgan fingerprint density at radius 3 is 2.58 bits per heavy atom. The van der Waals surface area contributed by atoms with E-state index < -0.39 is 22.8 Å². The van der Waals surface area contributed by atoms with Crippen LogP contribution < -0.4 is 11.2 Å². The molecule has 2 N–H and O–H groups in total. The molecule has 1 aromatic carbocycles. The van der Waals surface area contributed by atoms with Gasteiger partial charge in [0.1, 0.15) is 5.56 Å². The number of hydrogen-bond donors (Lipinski definition) is 2. The van der Waals surface area contributed by atoms with Crippen LogP contribution in [0.1, 0.15) is 10.4 Å². The molecule has 0 aliphatic carbocycles. The third kappa shape index (κ3) is 2.27. The molecule has 0 saturated carbocycles. The average molecular weight is 301 g/mol. The number of aromatic amines is 1. The number of hydrogen-bond acceptors (Lipinski definition) is 3. The Balaban J connectivity index is 2.87. The number of benzene rings is 1. The number of H-pyrrole nitrogens is 1. The number of aromatic nitrogens is 2. The molecule has 0 aliphatic heterocycles. The molecule has 6 nitrogen and oxygen atoms in total. The quantitative estimate of drug-likeness (QED) is 0.880. The van der Waals surface area contributed by atoms with E-state index in [1.54, 1.807) is 0 Å². The molecule has 98 valence electrons. The van der Waals surface area contributed by atoms with E-state index in [9.17, 15) is 14.4 Å². The fraction of sp³-hybridized carbons (Fsp3) is 0. The van der Waals surface area contributed by atoms with Crippen LogP contribution in [-0.4, -0.2) is 20.6 Å². The van der Waals surface area contributed by atoms with Crippen molar-refractivity contribution in [2.24, 2.45) is 0 Å². The normalized spacial score (nSPS) is 10.4.